The van der Waals surface area contributed by atoms with Gasteiger partial charge >= 0.3 is 0 Å². The number of piperidine rings is 1. The van der Waals surface area contributed by atoms with E-state index in [1.807, 2.05) is 47.8 Å². The molecule has 3 rings (SSSR count). The van der Waals surface area contributed by atoms with Gasteiger partial charge in [-0.3, -0.25) is 14.3 Å². The number of benzene rings is 1. The van der Waals surface area contributed by atoms with Gasteiger partial charge in [0.1, 0.15) is 0 Å². The molecule has 1 aromatic heterocycles. The maximum Gasteiger partial charge on any atom is 0.233 e. The standard InChI is InChI=1S/C20H28ClN5OS/c1-14-6-5-11-25(12-14)18(27)13-28-20-23-22-19(15(2)24(3)4)26(20)17-9-7-16(21)8-10-17/h7-10,14-15H,5-6,11-13H2,1-4H3/t14-,15+/m1/s1. The van der Waals surface area contributed by atoms with Crippen molar-refractivity contribution in [3.8, 4) is 5.69 Å². The van der Waals surface area contributed by atoms with E-state index in [9.17, 15) is 4.79 Å². The quantitative estimate of drug-likeness (QED) is 0.662. The van der Waals surface area contributed by atoms with Crippen molar-refractivity contribution < 1.29 is 4.79 Å². The van der Waals surface area contributed by atoms with Crippen LogP contribution in [-0.2, 0) is 4.79 Å². The monoisotopic (exact) mass is 421 g/mol. The number of aromatic nitrogens is 3. The minimum atomic E-state index is 0.0798. The van der Waals surface area contributed by atoms with Gasteiger partial charge in [0, 0.05) is 23.8 Å². The predicted octanol–water partition coefficient (Wildman–Crippen LogP) is 3.89. The summed E-state index contributed by atoms with van der Waals surface area (Å²) in [6, 6.07) is 7.70. The number of nitrogens with zero attached hydrogens (tertiary/aromatic N) is 5. The van der Waals surface area contributed by atoms with E-state index in [4.69, 9.17) is 11.6 Å². The molecule has 28 heavy (non-hydrogen) atoms. The van der Waals surface area contributed by atoms with Crippen molar-refractivity contribution in [3.63, 3.8) is 0 Å². The van der Waals surface area contributed by atoms with E-state index in [1.54, 1.807) is 0 Å². The number of hydrogen-bond donors (Lipinski definition) is 0. The summed E-state index contributed by atoms with van der Waals surface area (Å²) in [5.74, 6) is 1.96. The molecule has 0 spiro atoms. The van der Waals surface area contributed by atoms with Crippen molar-refractivity contribution in [2.24, 2.45) is 5.92 Å². The Hall–Kier alpha value is -1.57. The van der Waals surface area contributed by atoms with Gasteiger partial charge in [-0.25, -0.2) is 0 Å². The molecule has 0 saturated carbocycles. The fraction of sp³-hybridized carbons (Fsp3) is 0.550. The molecular weight excluding hydrogens is 394 g/mol. The first-order valence-electron chi connectivity index (χ1n) is 9.65. The summed E-state index contributed by atoms with van der Waals surface area (Å²) >= 11 is 7.51. The molecule has 0 N–H and O–H groups in total. The first-order valence-corrected chi connectivity index (χ1v) is 11.0. The zero-order chi connectivity index (χ0) is 20.3. The second-order valence-electron chi connectivity index (χ2n) is 7.67. The second-order valence-corrected chi connectivity index (χ2v) is 9.05. The highest BCUT2D eigenvalue weighted by atomic mass is 35.5. The summed E-state index contributed by atoms with van der Waals surface area (Å²) in [5, 5.41) is 10.2. The molecule has 2 aromatic rings. The molecule has 0 bridgehead atoms. The highest BCUT2D eigenvalue weighted by Gasteiger charge is 2.24. The molecule has 2 heterocycles. The minimum absolute atomic E-state index is 0.0798. The lowest BCUT2D eigenvalue weighted by molar-refractivity contribution is -0.130. The molecule has 0 unspecified atom stereocenters. The summed E-state index contributed by atoms with van der Waals surface area (Å²) in [6.45, 7) is 6.01. The summed E-state index contributed by atoms with van der Waals surface area (Å²) < 4.78 is 2.03. The Bertz CT molecular complexity index is 807. The zero-order valence-electron chi connectivity index (χ0n) is 16.9. The van der Waals surface area contributed by atoms with Crippen LogP contribution in [0.25, 0.3) is 5.69 Å². The Kier molecular flexibility index (Phi) is 7.01. The number of carbonyl (C=O) groups excluding carboxylic acids is 1. The van der Waals surface area contributed by atoms with Crippen molar-refractivity contribution in [2.75, 3.05) is 32.9 Å². The van der Waals surface area contributed by atoms with Gasteiger partial charge in [-0.05, 0) is 64.0 Å². The number of thioether (sulfide) groups is 1. The third-order valence-corrected chi connectivity index (χ3v) is 6.39. The number of halogens is 1. The molecule has 6 nitrogen and oxygen atoms in total. The number of carbonyl (C=O) groups is 1. The lowest BCUT2D eigenvalue weighted by Crippen LogP contribution is -2.40. The Balaban J connectivity index is 1.82. The van der Waals surface area contributed by atoms with Gasteiger partial charge < -0.3 is 4.90 Å². The zero-order valence-corrected chi connectivity index (χ0v) is 18.5. The average Bonchev–Trinajstić information content (AvgIpc) is 3.09. The van der Waals surface area contributed by atoms with Gasteiger partial charge in [-0.15, -0.1) is 10.2 Å². The molecule has 8 heteroatoms. The topological polar surface area (TPSA) is 54.3 Å². The lowest BCUT2D eigenvalue weighted by atomic mass is 10.0. The van der Waals surface area contributed by atoms with E-state index in [0.717, 1.165) is 36.2 Å². The van der Waals surface area contributed by atoms with E-state index < -0.39 is 0 Å². The SMILES string of the molecule is C[C@@H]1CCCN(C(=O)CSc2nnc([C@H](C)N(C)C)n2-c2ccc(Cl)cc2)C1. The van der Waals surface area contributed by atoms with Crippen molar-refractivity contribution in [1.29, 1.82) is 0 Å². The van der Waals surface area contributed by atoms with Gasteiger partial charge in [0.05, 0.1) is 11.8 Å². The molecular formula is C20H28ClN5OS. The van der Waals surface area contributed by atoms with Crippen LogP contribution in [0.3, 0.4) is 0 Å². The smallest absolute Gasteiger partial charge is 0.233 e. The van der Waals surface area contributed by atoms with Gasteiger partial charge in [0.2, 0.25) is 5.91 Å². The van der Waals surface area contributed by atoms with Crippen molar-refractivity contribution in [2.45, 2.75) is 37.9 Å². The molecule has 1 amide bonds. The molecule has 0 aliphatic carbocycles. The van der Waals surface area contributed by atoms with Crippen molar-refractivity contribution >= 4 is 29.3 Å². The van der Waals surface area contributed by atoms with Gasteiger partial charge in [0.25, 0.3) is 0 Å². The third-order valence-electron chi connectivity index (χ3n) is 5.23. The third kappa shape index (κ3) is 4.88. The van der Waals surface area contributed by atoms with E-state index in [2.05, 4.69) is 28.9 Å². The number of amides is 1. The normalized spacial score (nSPS) is 18.5. The average molecular weight is 422 g/mol. The Labute approximate surface area is 176 Å². The summed E-state index contributed by atoms with van der Waals surface area (Å²) in [4.78, 5) is 16.7. The van der Waals surface area contributed by atoms with E-state index in [0.29, 0.717) is 16.7 Å². The summed E-state index contributed by atoms with van der Waals surface area (Å²) in [6.07, 6.45) is 2.29. The van der Waals surface area contributed by atoms with Crippen molar-refractivity contribution in [1.82, 2.24) is 24.6 Å². The first-order chi connectivity index (χ1) is 13.4. The highest BCUT2D eigenvalue weighted by Crippen LogP contribution is 2.28. The van der Waals surface area contributed by atoms with Gasteiger partial charge in [-0.2, -0.15) is 0 Å². The molecule has 1 aliphatic rings. The molecule has 1 saturated heterocycles. The van der Waals surface area contributed by atoms with E-state index >= 15 is 0 Å². The molecule has 2 atom stereocenters. The minimum Gasteiger partial charge on any atom is -0.342 e. The van der Waals surface area contributed by atoms with Gasteiger partial charge in [0.15, 0.2) is 11.0 Å². The van der Waals surface area contributed by atoms with Crippen LogP contribution in [0.5, 0.6) is 0 Å². The number of rotatable bonds is 6. The van der Waals surface area contributed by atoms with Crippen LogP contribution in [0.15, 0.2) is 29.4 Å². The molecule has 152 valence electrons. The van der Waals surface area contributed by atoms with Crippen LogP contribution >= 0.6 is 23.4 Å². The predicted molar refractivity (Wildman–Crippen MR) is 114 cm³/mol. The fourth-order valence-corrected chi connectivity index (χ4v) is 4.33. The molecule has 1 fully saturated rings. The summed E-state index contributed by atoms with van der Waals surface area (Å²) in [7, 11) is 4.03. The first kappa shape index (κ1) is 21.1. The van der Waals surface area contributed by atoms with Crippen LogP contribution in [0, 0.1) is 5.92 Å². The highest BCUT2D eigenvalue weighted by molar-refractivity contribution is 7.99. The van der Waals surface area contributed by atoms with Crippen molar-refractivity contribution in [3.05, 3.63) is 35.1 Å². The van der Waals surface area contributed by atoms with E-state index in [-0.39, 0.29) is 11.9 Å². The van der Waals surface area contributed by atoms with Crippen LogP contribution in [0.4, 0.5) is 0 Å². The largest absolute Gasteiger partial charge is 0.342 e. The van der Waals surface area contributed by atoms with Crippen LogP contribution in [0.2, 0.25) is 5.02 Å². The molecule has 0 radical (unpaired) electrons. The number of likely N-dealkylation sites (tertiary alicyclic amines) is 1. The fourth-order valence-electron chi connectivity index (χ4n) is 3.34. The maximum atomic E-state index is 12.7. The Morgan fingerprint density at radius 1 is 1.32 bits per heavy atom. The van der Waals surface area contributed by atoms with Crippen LogP contribution < -0.4 is 0 Å². The maximum absolute atomic E-state index is 12.7. The molecule has 1 aromatic carbocycles. The van der Waals surface area contributed by atoms with E-state index in [1.165, 1.54) is 18.2 Å². The number of hydrogen-bond acceptors (Lipinski definition) is 5. The molecule has 1 aliphatic heterocycles. The summed E-state index contributed by atoms with van der Waals surface area (Å²) in [5.41, 5.74) is 0.944. The Morgan fingerprint density at radius 3 is 2.68 bits per heavy atom. The van der Waals surface area contributed by atoms with Gasteiger partial charge in [-0.1, -0.05) is 30.3 Å². The van der Waals surface area contributed by atoms with Crippen LogP contribution in [0.1, 0.15) is 38.6 Å². The lowest BCUT2D eigenvalue weighted by Gasteiger charge is -2.30. The second kappa shape index (κ2) is 9.29. The Morgan fingerprint density at radius 2 is 2.04 bits per heavy atom. The van der Waals surface area contributed by atoms with Crippen LogP contribution in [-0.4, -0.2) is 63.4 Å².